The molecule has 0 bridgehead atoms. The number of esters is 1. The second kappa shape index (κ2) is 6.02. The van der Waals surface area contributed by atoms with E-state index < -0.39 is 35.9 Å². The Morgan fingerprint density at radius 3 is 2.24 bits per heavy atom. The van der Waals surface area contributed by atoms with Crippen LogP contribution in [0, 0.1) is 0 Å². The molecule has 5 nitrogen and oxygen atoms in total. The van der Waals surface area contributed by atoms with Gasteiger partial charge in [0.05, 0.1) is 13.0 Å². The molecule has 0 amide bonds. The van der Waals surface area contributed by atoms with Crippen molar-refractivity contribution in [2.75, 3.05) is 6.61 Å². The molecule has 0 atom stereocenters. The van der Waals surface area contributed by atoms with Crippen LogP contribution < -0.4 is 0 Å². The van der Waals surface area contributed by atoms with Crippen LogP contribution in [0.2, 0.25) is 0 Å². The van der Waals surface area contributed by atoms with Crippen molar-refractivity contribution in [3.63, 3.8) is 0 Å². The van der Waals surface area contributed by atoms with Crippen molar-refractivity contribution in [3.05, 3.63) is 11.8 Å². The molecule has 0 aliphatic heterocycles. The molecule has 0 aromatic heterocycles. The van der Waals surface area contributed by atoms with Crippen LogP contribution in [0.15, 0.2) is 11.8 Å². The number of Topliss-reactive ketones (excluding diaryl/α,β-unsaturated/α-hetero) is 1. The lowest BCUT2D eigenvalue weighted by Gasteiger charge is -2.02. The Bertz CT molecular complexity index is 356. The topological polar surface area (TPSA) is 80.7 Å². The molecule has 0 aromatic carbocycles. The number of alkyl halides is 3. The van der Waals surface area contributed by atoms with Crippen LogP contribution in [-0.2, 0) is 19.1 Å². The molecule has 0 heterocycles. The zero-order valence-electron chi connectivity index (χ0n) is 8.71. The maximum atomic E-state index is 11.7. The second-order valence-corrected chi connectivity index (χ2v) is 2.81. The van der Waals surface area contributed by atoms with Crippen LogP contribution in [0.1, 0.15) is 13.3 Å². The average Bonchev–Trinajstić information content (AvgIpc) is 2.16. The van der Waals surface area contributed by atoms with E-state index in [1.54, 1.807) is 0 Å². The van der Waals surface area contributed by atoms with Gasteiger partial charge in [-0.15, -0.1) is 0 Å². The molecule has 17 heavy (non-hydrogen) atoms. The number of hydrogen-bond donors (Lipinski definition) is 1. The first-order valence-electron chi connectivity index (χ1n) is 4.39. The summed E-state index contributed by atoms with van der Waals surface area (Å²) < 4.78 is 39.5. The molecule has 0 aliphatic rings. The molecule has 1 N–H and O–H groups in total. The van der Waals surface area contributed by atoms with Crippen LogP contribution in [0.5, 0.6) is 0 Å². The van der Waals surface area contributed by atoms with Crippen molar-refractivity contribution in [3.8, 4) is 0 Å². The number of aliphatic hydroxyl groups excluding tert-OH is 1. The summed E-state index contributed by atoms with van der Waals surface area (Å²) in [5.41, 5.74) is 0. The molecule has 0 saturated carbocycles. The van der Waals surface area contributed by atoms with Gasteiger partial charge >= 0.3 is 12.1 Å². The Morgan fingerprint density at radius 2 is 1.82 bits per heavy atom. The Hall–Kier alpha value is -1.86. The smallest absolute Gasteiger partial charge is 0.450 e. The van der Waals surface area contributed by atoms with Gasteiger partial charge in [0.15, 0.2) is 5.78 Å². The Kier molecular flexibility index (Phi) is 5.36. The number of rotatable bonds is 5. The number of ketones is 2. The zero-order chi connectivity index (χ0) is 13.6. The Morgan fingerprint density at radius 1 is 1.29 bits per heavy atom. The van der Waals surface area contributed by atoms with Crippen LogP contribution in [0.25, 0.3) is 0 Å². The van der Waals surface area contributed by atoms with Crippen LogP contribution >= 0.6 is 0 Å². The maximum absolute atomic E-state index is 11.7. The lowest BCUT2D eigenvalue weighted by atomic mass is 10.2. The van der Waals surface area contributed by atoms with Crippen molar-refractivity contribution in [1.82, 2.24) is 0 Å². The molecule has 8 heteroatoms. The zero-order valence-corrected chi connectivity index (χ0v) is 8.71. The van der Waals surface area contributed by atoms with E-state index in [1.807, 2.05) is 0 Å². The fourth-order valence-electron chi connectivity index (χ4n) is 0.726. The number of allylic oxidation sites excluding steroid dienone is 1. The van der Waals surface area contributed by atoms with Crippen molar-refractivity contribution in [2.24, 2.45) is 0 Å². The molecule has 0 unspecified atom stereocenters. The highest BCUT2D eigenvalue weighted by atomic mass is 19.4. The van der Waals surface area contributed by atoms with E-state index in [0.29, 0.717) is 0 Å². The average molecular weight is 254 g/mol. The largest absolute Gasteiger partial charge is 0.502 e. The lowest BCUT2D eigenvalue weighted by molar-refractivity contribution is -0.171. The number of ether oxygens (including phenoxy) is 1. The first-order chi connectivity index (χ1) is 7.68. The van der Waals surface area contributed by atoms with Gasteiger partial charge in [0.1, 0.15) is 0 Å². The summed E-state index contributed by atoms with van der Waals surface area (Å²) >= 11 is 0. The number of carbonyl (C=O) groups is 3. The van der Waals surface area contributed by atoms with Crippen LogP contribution in [0.4, 0.5) is 13.2 Å². The highest BCUT2D eigenvalue weighted by Crippen LogP contribution is 2.18. The van der Waals surface area contributed by atoms with Gasteiger partial charge in [-0.2, -0.15) is 13.2 Å². The van der Waals surface area contributed by atoms with E-state index in [2.05, 4.69) is 4.74 Å². The molecular formula is C9H9F3O5. The predicted molar refractivity (Wildman–Crippen MR) is 48.0 cm³/mol. The van der Waals surface area contributed by atoms with E-state index in [-0.39, 0.29) is 12.7 Å². The highest BCUT2D eigenvalue weighted by Gasteiger charge is 2.38. The monoisotopic (exact) mass is 254 g/mol. The molecule has 0 fully saturated rings. The van der Waals surface area contributed by atoms with E-state index in [9.17, 15) is 27.6 Å². The predicted octanol–water partition coefficient (Wildman–Crippen LogP) is 1.08. The van der Waals surface area contributed by atoms with Crippen molar-refractivity contribution in [2.45, 2.75) is 19.5 Å². The summed E-state index contributed by atoms with van der Waals surface area (Å²) in [7, 11) is 0. The fourth-order valence-corrected chi connectivity index (χ4v) is 0.726. The minimum Gasteiger partial charge on any atom is -0.502 e. The van der Waals surface area contributed by atoms with Gasteiger partial charge in [-0.05, 0) is 6.92 Å². The lowest BCUT2D eigenvalue weighted by Crippen LogP contribution is -2.25. The van der Waals surface area contributed by atoms with Crippen molar-refractivity contribution < 1.29 is 37.4 Å². The fraction of sp³-hybridized carbons (Fsp3) is 0.444. The molecule has 0 aliphatic carbocycles. The third kappa shape index (κ3) is 5.69. The third-order valence-electron chi connectivity index (χ3n) is 1.43. The van der Waals surface area contributed by atoms with E-state index in [1.165, 1.54) is 6.92 Å². The summed E-state index contributed by atoms with van der Waals surface area (Å²) in [6.07, 6.45) is -6.36. The van der Waals surface area contributed by atoms with Gasteiger partial charge in [-0.25, -0.2) is 4.79 Å². The second-order valence-electron chi connectivity index (χ2n) is 2.81. The Labute approximate surface area is 93.9 Å². The molecule has 0 spiro atoms. The number of aliphatic hydroxyl groups is 1. The molecule has 0 saturated heterocycles. The normalized spacial score (nSPS) is 12.1. The summed E-state index contributed by atoms with van der Waals surface area (Å²) in [4.78, 5) is 32.0. The van der Waals surface area contributed by atoms with Crippen molar-refractivity contribution >= 4 is 17.5 Å². The minimum atomic E-state index is -5.12. The maximum Gasteiger partial charge on any atom is 0.450 e. The van der Waals surface area contributed by atoms with Gasteiger partial charge in [0.25, 0.3) is 0 Å². The first kappa shape index (κ1) is 15.1. The molecule has 0 aromatic rings. The van der Waals surface area contributed by atoms with E-state index >= 15 is 0 Å². The van der Waals surface area contributed by atoms with Crippen LogP contribution in [0.3, 0.4) is 0 Å². The SMILES string of the molecule is CCOC(=O)C(O)=CC(=O)CC(=O)C(F)(F)F. The minimum absolute atomic E-state index is 0.0770. The standard InChI is InChI=1S/C9H9F3O5/c1-2-17-8(16)6(14)3-5(13)4-7(15)9(10,11)12/h3,14H,2,4H2,1H3. The Balaban J connectivity index is 4.50. The quantitative estimate of drug-likeness (QED) is 0.343. The van der Waals surface area contributed by atoms with Gasteiger partial charge in [-0.3, -0.25) is 9.59 Å². The van der Waals surface area contributed by atoms with Crippen molar-refractivity contribution in [1.29, 1.82) is 0 Å². The number of carbonyl (C=O) groups excluding carboxylic acids is 3. The van der Waals surface area contributed by atoms with Gasteiger partial charge in [0, 0.05) is 6.08 Å². The van der Waals surface area contributed by atoms with Gasteiger partial charge < -0.3 is 9.84 Å². The summed E-state index contributed by atoms with van der Waals surface area (Å²) in [5.74, 6) is -5.99. The molecular weight excluding hydrogens is 245 g/mol. The first-order valence-corrected chi connectivity index (χ1v) is 4.39. The summed E-state index contributed by atoms with van der Waals surface area (Å²) in [6.45, 7) is 1.35. The third-order valence-corrected chi connectivity index (χ3v) is 1.43. The summed E-state index contributed by atoms with van der Waals surface area (Å²) in [6, 6.07) is 0. The summed E-state index contributed by atoms with van der Waals surface area (Å²) in [5, 5.41) is 8.91. The highest BCUT2D eigenvalue weighted by molar-refractivity contribution is 6.08. The van der Waals surface area contributed by atoms with E-state index in [4.69, 9.17) is 5.11 Å². The number of halogens is 3. The molecule has 0 rings (SSSR count). The number of hydrogen-bond acceptors (Lipinski definition) is 5. The van der Waals surface area contributed by atoms with Crippen LogP contribution in [-0.4, -0.2) is 35.4 Å². The van der Waals surface area contributed by atoms with Gasteiger partial charge in [-0.1, -0.05) is 0 Å². The van der Waals surface area contributed by atoms with Gasteiger partial charge in [0.2, 0.25) is 11.5 Å². The molecule has 96 valence electrons. The molecule has 0 radical (unpaired) electrons. The van der Waals surface area contributed by atoms with E-state index in [0.717, 1.165) is 0 Å².